The minimum Gasteiger partial charge on any atom is -0.431 e. The van der Waals surface area contributed by atoms with Gasteiger partial charge in [-0.05, 0) is 36.8 Å². The molecule has 1 aromatic heterocycles. The van der Waals surface area contributed by atoms with Crippen molar-refractivity contribution in [3.05, 3.63) is 72.1 Å². The van der Waals surface area contributed by atoms with E-state index >= 15 is 0 Å². The number of oxazole rings is 1. The molecule has 0 bridgehead atoms. The summed E-state index contributed by atoms with van der Waals surface area (Å²) in [7, 11) is 0. The maximum Gasteiger partial charge on any atom is 0.291 e. The smallest absolute Gasteiger partial charge is 0.291 e. The fourth-order valence-electron chi connectivity index (χ4n) is 3.24. The van der Waals surface area contributed by atoms with Gasteiger partial charge in [-0.25, -0.2) is 4.98 Å². The summed E-state index contributed by atoms with van der Waals surface area (Å²) in [6, 6.07) is 18.1. The molecule has 0 radical (unpaired) electrons. The monoisotopic (exact) mass is 347 g/mol. The number of rotatable bonds is 3. The van der Waals surface area contributed by atoms with E-state index in [4.69, 9.17) is 4.42 Å². The zero-order valence-electron chi connectivity index (χ0n) is 14.8. The SMILES string of the molecule is Cc1cccc(N2CCN(C(=O)c3cnc(-c4ccccc4)o3)CC2)c1. The topological polar surface area (TPSA) is 49.6 Å². The van der Waals surface area contributed by atoms with Crippen molar-refractivity contribution in [3.63, 3.8) is 0 Å². The lowest BCUT2D eigenvalue weighted by Gasteiger charge is -2.35. The van der Waals surface area contributed by atoms with Crippen LogP contribution >= 0.6 is 0 Å². The number of anilines is 1. The fraction of sp³-hybridized carbons (Fsp3) is 0.238. The number of hydrogen-bond donors (Lipinski definition) is 0. The van der Waals surface area contributed by atoms with Crippen molar-refractivity contribution < 1.29 is 9.21 Å². The first-order valence-corrected chi connectivity index (χ1v) is 8.83. The zero-order valence-corrected chi connectivity index (χ0v) is 14.8. The lowest BCUT2D eigenvalue weighted by atomic mass is 10.2. The molecule has 4 rings (SSSR count). The molecule has 132 valence electrons. The van der Waals surface area contributed by atoms with Crippen molar-refractivity contribution in [2.45, 2.75) is 6.92 Å². The molecule has 1 amide bonds. The van der Waals surface area contributed by atoms with E-state index in [1.807, 2.05) is 35.2 Å². The Morgan fingerprint density at radius 1 is 1.00 bits per heavy atom. The molecule has 2 aromatic carbocycles. The summed E-state index contributed by atoms with van der Waals surface area (Å²) >= 11 is 0. The number of benzene rings is 2. The lowest BCUT2D eigenvalue weighted by Crippen LogP contribution is -2.48. The van der Waals surface area contributed by atoms with Gasteiger partial charge >= 0.3 is 0 Å². The van der Waals surface area contributed by atoms with E-state index in [0.717, 1.165) is 18.7 Å². The number of aromatic nitrogens is 1. The maximum atomic E-state index is 12.7. The Kier molecular flexibility index (Phi) is 4.44. The molecule has 0 spiro atoms. The standard InChI is InChI=1S/C21H21N3O2/c1-16-6-5-9-18(14-16)23-10-12-24(13-11-23)21(25)19-15-22-20(26-19)17-7-3-2-4-8-17/h2-9,14-15H,10-13H2,1H3. The summed E-state index contributed by atoms with van der Waals surface area (Å²) in [6.07, 6.45) is 1.53. The zero-order chi connectivity index (χ0) is 17.9. The number of carbonyl (C=O) groups excluding carboxylic acids is 1. The van der Waals surface area contributed by atoms with E-state index in [1.54, 1.807) is 0 Å². The van der Waals surface area contributed by atoms with Gasteiger partial charge in [-0.1, -0.05) is 30.3 Å². The van der Waals surface area contributed by atoms with Crippen LogP contribution in [0.3, 0.4) is 0 Å². The quantitative estimate of drug-likeness (QED) is 0.726. The number of amides is 1. The van der Waals surface area contributed by atoms with Crippen LogP contribution in [0.5, 0.6) is 0 Å². The molecule has 0 aliphatic carbocycles. The van der Waals surface area contributed by atoms with Gasteiger partial charge < -0.3 is 14.2 Å². The molecule has 1 saturated heterocycles. The van der Waals surface area contributed by atoms with E-state index in [2.05, 4.69) is 41.1 Å². The van der Waals surface area contributed by atoms with Gasteiger partial charge in [-0.2, -0.15) is 0 Å². The Morgan fingerprint density at radius 2 is 1.77 bits per heavy atom. The van der Waals surface area contributed by atoms with Crippen molar-refractivity contribution in [2.24, 2.45) is 0 Å². The van der Waals surface area contributed by atoms with Crippen LogP contribution in [0.25, 0.3) is 11.5 Å². The molecule has 3 aromatic rings. The minimum atomic E-state index is -0.0939. The highest BCUT2D eigenvalue weighted by Gasteiger charge is 2.25. The normalized spacial score (nSPS) is 14.5. The van der Waals surface area contributed by atoms with Gasteiger partial charge in [-0.3, -0.25) is 4.79 Å². The maximum absolute atomic E-state index is 12.7. The van der Waals surface area contributed by atoms with Gasteiger partial charge in [0.1, 0.15) is 0 Å². The van der Waals surface area contributed by atoms with Gasteiger partial charge in [0.2, 0.25) is 11.7 Å². The van der Waals surface area contributed by atoms with E-state index in [0.29, 0.717) is 24.7 Å². The number of hydrogen-bond acceptors (Lipinski definition) is 4. The van der Waals surface area contributed by atoms with Crippen LogP contribution in [-0.2, 0) is 0 Å². The van der Waals surface area contributed by atoms with E-state index in [9.17, 15) is 4.79 Å². The first-order valence-electron chi connectivity index (χ1n) is 8.83. The fourth-order valence-corrected chi connectivity index (χ4v) is 3.24. The van der Waals surface area contributed by atoms with Crippen molar-refractivity contribution in [1.29, 1.82) is 0 Å². The Labute approximate surface area is 152 Å². The van der Waals surface area contributed by atoms with E-state index in [1.165, 1.54) is 17.4 Å². The predicted molar refractivity (Wildman–Crippen MR) is 101 cm³/mol. The van der Waals surface area contributed by atoms with Crippen molar-refractivity contribution in [1.82, 2.24) is 9.88 Å². The van der Waals surface area contributed by atoms with Crippen LogP contribution in [0.4, 0.5) is 5.69 Å². The molecule has 1 aliphatic heterocycles. The van der Waals surface area contributed by atoms with E-state index in [-0.39, 0.29) is 5.91 Å². The Bertz CT molecular complexity index is 896. The average Bonchev–Trinajstić information content (AvgIpc) is 3.18. The third kappa shape index (κ3) is 3.33. The summed E-state index contributed by atoms with van der Waals surface area (Å²) in [5, 5.41) is 0. The molecule has 0 atom stereocenters. The third-order valence-electron chi connectivity index (χ3n) is 4.67. The van der Waals surface area contributed by atoms with Crippen LogP contribution < -0.4 is 4.90 Å². The second kappa shape index (κ2) is 7.04. The molecule has 2 heterocycles. The highest BCUT2D eigenvalue weighted by atomic mass is 16.4. The summed E-state index contributed by atoms with van der Waals surface area (Å²) in [4.78, 5) is 21.1. The van der Waals surface area contributed by atoms with Crippen LogP contribution in [0.1, 0.15) is 16.1 Å². The molecule has 1 fully saturated rings. The number of nitrogens with zero attached hydrogens (tertiary/aromatic N) is 3. The Hall–Kier alpha value is -3.08. The van der Waals surface area contributed by atoms with Gasteiger partial charge in [0.25, 0.3) is 5.91 Å². The summed E-state index contributed by atoms with van der Waals surface area (Å²) in [5.41, 5.74) is 3.33. The van der Waals surface area contributed by atoms with Gasteiger partial charge in [-0.15, -0.1) is 0 Å². The van der Waals surface area contributed by atoms with Gasteiger partial charge in [0.05, 0.1) is 6.20 Å². The van der Waals surface area contributed by atoms with Gasteiger partial charge in [0, 0.05) is 37.4 Å². The molecule has 0 unspecified atom stereocenters. The Morgan fingerprint density at radius 3 is 2.50 bits per heavy atom. The van der Waals surface area contributed by atoms with Crippen LogP contribution in [0.15, 0.2) is 65.2 Å². The average molecular weight is 347 g/mol. The molecular weight excluding hydrogens is 326 g/mol. The van der Waals surface area contributed by atoms with Crippen LogP contribution in [0.2, 0.25) is 0 Å². The predicted octanol–water partition coefficient (Wildman–Crippen LogP) is 3.61. The first kappa shape index (κ1) is 16.4. The van der Waals surface area contributed by atoms with Crippen molar-refractivity contribution in [3.8, 4) is 11.5 Å². The highest BCUT2D eigenvalue weighted by Crippen LogP contribution is 2.21. The third-order valence-corrected chi connectivity index (χ3v) is 4.67. The van der Waals surface area contributed by atoms with Crippen LogP contribution in [-0.4, -0.2) is 42.0 Å². The van der Waals surface area contributed by atoms with Gasteiger partial charge in [0.15, 0.2) is 0 Å². The molecular formula is C21H21N3O2. The van der Waals surface area contributed by atoms with E-state index < -0.39 is 0 Å². The number of aryl methyl sites for hydroxylation is 1. The highest BCUT2D eigenvalue weighted by molar-refractivity contribution is 5.91. The first-order chi connectivity index (χ1) is 12.7. The number of carbonyl (C=O) groups is 1. The number of piperazine rings is 1. The molecule has 26 heavy (non-hydrogen) atoms. The summed E-state index contributed by atoms with van der Waals surface area (Å²) in [5.74, 6) is 0.684. The lowest BCUT2D eigenvalue weighted by molar-refractivity contribution is 0.0715. The molecule has 1 aliphatic rings. The second-order valence-corrected chi connectivity index (χ2v) is 6.51. The molecule has 5 nitrogen and oxygen atoms in total. The summed E-state index contributed by atoms with van der Waals surface area (Å²) in [6.45, 7) is 5.07. The molecule has 0 saturated carbocycles. The largest absolute Gasteiger partial charge is 0.431 e. The minimum absolute atomic E-state index is 0.0939. The molecule has 5 heteroatoms. The summed E-state index contributed by atoms with van der Waals surface area (Å²) < 4.78 is 5.70. The molecule has 0 N–H and O–H groups in total. The Balaban J connectivity index is 1.42. The van der Waals surface area contributed by atoms with Crippen LogP contribution in [0, 0.1) is 6.92 Å². The van der Waals surface area contributed by atoms with Crippen molar-refractivity contribution in [2.75, 3.05) is 31.1 Å². The van der Waals surface area contributed by atoms with Crippen molar-refractivity contribution >= 4 is 11.6 Å². The second-order valence-electron chi connectivity index (χ2n) is 6.51.